The van der Waals surface area contributed by atoms with Crippen molar-refractivity contribution in [1.29, 1.82) is 0 Å². The number of carbonyl (C=O) groups is 2. The molecule has 2 rings (SSSR count). The number of para-hydroxylation sites is 2. The van der Waals surface area contributed by atoms with Gasteiger partial charge in [-0.15, -0.1) is 0 Å². The second-order valence-electron chi connectivity index (χ2n) is 5.22. The number of hydrogen-bond acceptors (Lipinski definition) is 5. The fraction of sp³-hybridized carbons (Fsp3) is 0.176. The van der Waals surface area contributed by atoms with E-state index in [1.54, 1.807) is 31.2 Å². The Morgan fingerprint density at radius 2 is 1.72 bits per heavy atom. The van der Waals surface area contributed by atoms with E-state index in [0.29, 0.717) is 16.9 Å². The molecule has 8 nitrogen and oxygen atoms in total. The van der Waals surface area contributed by atoms with Gasteiger partial charge in [-0.1, -0.05) is 18.2 Å². The lowest BCUT2D eigenvalue weighted by Gasteiger charge is -2.13. The van der Waals surface area contributed by atoms with Gasteiger partial charge in [-0.3, -0.25) is 19.7 Å². The van der Waals surface area contributed by atoms with Gasteiger partial charge >= 0.3 is 5.69 Å². The van der Waals surface area contributed by atoms with Crippen molar-refractivity contribution in [1.82, 2.24) is 0 Å². The van der Waals surface area contributed by atoms with Crippen LogP contribution in [0.3, 0.4) is 0 Å². The SMILES string of the molecule is CC(=O)Nc1cccc(NC(=O)COc2ccccc2[N+](=O)[O-])c1C. The zero-order valence-electron chi connectivity index (χ0n) is 13.7. The minimum atomic E-state index is -0.575. The van der Waals surface area contributed by atoms with Gasteiger partial charge in [0.25, 0.3) is 5.91 Å². The fourth-order valence-corrected chi connectivity index (χ4v) is 2.16. The first-order valence-electron chi connectivity index (χ1n) is 7.41. The Kier molecular flexibility index (Phi) is 5.67. The van der Waals surface area contributed by atoms with E-state index in [9.17, 15) is 19.7 Å². The third-order valence-corrected chi connectivity index (χ3v) is 3.34. The lowest BCUT2D eigenvalue weighted by Crippen LogP contribution is -2.21. The summed E-state index contributed by atoms with van der Waals surface area (Å²) in [6.45, 7) is 2.77. The van der Waals surface area contributed by atoms with Gasteiger partial charge in [0.05, 0.1) is 4.92 Å². The highest BCUT2D eigenvalue weighted by molar-refractivity contribution is 5.95. The molecule has 8 heteroatoms. The van der Waals surface area contributed by atoms with Crippen molar-refractivity contribution in [3.63, 3.8) is 0 Å². The monoisotopic (exact) mass is 343 g/mol. The van der Waals surface area contributed by atoms with Gasteiger partial charge < -0.3 is 15.4 Å². The Hall–Kier alpha value is -3.42. The summed E-state index contributed by atoms with van der Waals surface area (Å²) in [4.78, 5) is 33.6. The van der Waals surface area contributed by atoms with E-state index in [1.807, 2.05) is 0 Å². The Labute approximate surface area is 144 Å². The molecule has 0 aliphatic carbocycles. The summed E-state index contributed by atoms with van der Waals surface area (Å²) in [5.74, 6) is -0.668. The molecule has 2 aromatic carbocycles. The van der Waals surface area contributed by atoms with Crippen LogP contribution in [0, 0.1) is 17.0 Å². The maximum absolute atomic E-state index is 12.1. The first kappa shape index (κ1) is 17.9. The van der Waals surface area contributed by atoms with E-state index in [0.717, 1.165) is 0 Å². The number of nitro benzene ring substituents is 1. The highest BCUT2D eigenvalue weighted by Crippen LogP contribution is 2.26. The molecule has 0 aliphatic rings. The van der Waals surface area contributed by atoms with E-state index < -0.39 is 10.8 Å². The number of hydrogen-bond donors (Lipinski definition) is 2. The number of amides is 2. The predicted molar refractivity (Wildman–Crippen MR) is 92.7 cm³/mol. The standard InChI is InChI=1S/C17H17N3O5/c1-11-13(18-12(2)21)6-5-7-14(11)19-17(22)10-25-16-9-4-3-8-15(16)20(23)24/h3-9H,10H2,1-2H3,(H,18,21)(H,19,22). The molecular weight excluding hydrogens is 326 g/mol. The van der Waals surface area contributed by atoms with Crippen molar-refractivity contribution < 1.29 is 19.2 Å². The van der Waals surface area contributed by atoms with Crippen molar-refractivity contribution in [3.8, 4) is 5.75 Å². The normalized spacial score (nSPS) is 10.0. The van der Waals surface area contributed by atoms with Crippen molar-refractivity contribution in [2.75, 3.05) is 17.2 Å². The second-order valence-corrected chi connectivity index (χ2v) is 5.22. The molecule has 25 heavy (non-hydrogen) atoms. The molecule has 0 aliphatic heterocycles. The molecule has 0 saturated carbocycles. The number of rotatable bonds is 6. The second kappa shape index (κ2) is 7.91. The maximum atomic E-state index is 12.1. The number of nitrogens with one attached hydrogen (secondary N) is 2. The zero-order valence-corrected chi connectivity index (χ0v) is 13.7. The summed E-state index contributed by atoms with van der Waals surface area (Å²) in [6, 6.07) is 10.9. The summed E-state index contributed by atoms with van der Waals surface area (Å²) < 4.78 is 5.24. The van der Waals surface area contributed by atoms with Gasteiger partial charge in [0.15, 0.2) is 12.4 Å². The van der Waals surface area contributed by atoms with Gasteiger partial charge in [0.2, 0.25) is 5.91 Å². The van der Waals surface area contributed by atoms with Crippen LogP contribution in [0.1, 0.15) is 12.5 Å². The molecular formula is C17H17N3O5. The molecule has 0 aromatic heterocycles. The first-order valence-corrected chi connectivity index (χ1v) is 7.41. The van der Waals surface area contributed by atoms with E-state index in [2.05, 4.69) is 10.6 Å². The minimum Gasteiger partial charge on any atom is -0.477 e. The van der Waals surface area contributed by atoms with Gasteiger partial charge in [0.1, 0.15) is 0 Å². The highest BCUT2D eigenvalue weighted by atomic mass is 16.6. The largest absolute Gasteiger partial charge is 0.477 e. The van der Waals surface area contributed by atoms with Crippen LogP contribution < -0.4 is 15.4 Å². The van der Waals surface area contributed by atoms with E-state index in [1.165, 1.54) is 25.1 Å². The van der Waals surface area contributed by atoms with Crippen LogP contribution in [0.15, 0.2) is 42.5 Å². The number of ether oxygens (including phenoxy) is 1. The third kappa shape index (κ3) is 4.77. The van der Waals surface area contributed by atoms with Crippen LogP contribution in [0.25, 0.3) is 0 Å². The van der Waals surface area contributed by atoms with Crippen molar-refractivity contribution >= 4 is 28.9 Å². The summed E-state index contributed by atoms with van der Waals surface area (Å²) >= 11 is 0. The van der Waals surface area contributed by atoms with E-state index >= 15 is 0 Å². The molecule has 0 atom stereocenters. The number of benzene rings is 2. The molecule has 2 aromatic rings. The molecule has 0 heterocycles. The lowest BCUT2D eigenvalue weighted by atomic mass is 10.1. The summed E-state index contributed by atoms with van der Waals surface area (Å²) in [7, 11) is 0. The molecule has 0 spiro atoms. The summed E-state index contributed by atoms with van der Waals surface area (Å²) in [5, 5.41) is 16.2. The minimum absolute atomic E-state index is 0.0198. The molecule has 0 bridgehead atoms. The number of nitro groups is 1. The van der Waals surface area contributed by atoms with Crippen LogP contribution in [0.5, 0.6) is 5.75 Å². The maximum Gasteiger partial charge on any atom is 0.310 e. The molecule has 0 radical (unpaired) electrons. The Morgan fingerprint density at radius 1 is 1.08 bits per heavy atom. The molecule has 0 saturated heterocycles. The van der Waals surface area contributed by atoms with Crippen molar-refractivity contribution in [2.24, 2.45) is 0 Å². The smallest absolute Gasteiger partial charge is 0.310 e. The van der Waals surface area contributed by atoms with Gasteiger partial charge in [-0.05, 0) is 30.7 Å². The molecule has 0 unspecified atom stereocenters. The van der Waals surface area contributed by atoms with Crippen LogP contribution in [0.4, 0.5) is 17.1 Å². The van der Waals surface area contributed by atoms with Crippen molar-refractivity contribution in [3.05, 3.63) is 58.1 Å². The molecule has 2 amide bonds. The quantitative estimate of drug-likeness (QED) is 0.619. The zero-order chi connectivity index (χ0) is 18.4. The number of carbonyl (C=O) groups excluding carboxylic acids is 2. The van der Waals surface area contributed by atoms with Crippen LogP contribution in [-0.2, 0) is 9.59 Å². The molecule has 2 N–H and O–H groups in total. The topological polar surface area (TPSA) is 111 Å². The molecule has 0 fully saturated rings. The van der Waals surface area contributed by atoms with Crippen LogP contribution >= 0.6 is 0 Å². The Morgan fingerprint density at radius 3 is 2.36 bits per heavy atom. The Bertz CT molecular complexity index is 820. The number of anilines is 2. The fourth-order valence-electron chi connectivity index (χ4n) is 2.16. The lowest BCUT2D eigenvalue weighted by molar-refractivity contribution is -0.385. The third-order valence-electron chi connectivity index (χ3n) is 3.34. The van der Waals surface area contributed by atoms with Crippen LogP contribution in [-0.4, -0.2) is 23.3 Å². The van der Waals surface area contributed by atoms with Crippen LogP contribution in [0.2, 0.25) is 0 Å². The average Bonchev–Trinajstić information content (AvgIpc) is 2.56. The Balaban J connectivity index is 2.04. The van der Waals surface area contributed by atoms with Gasteiger partial charge in [-0.25, -0.2) is 0 Å². The summed E-state index contributed by atoms with van der Waals surface area (Å²) in [6.07, 6.45) is 0. The predicted octanol–water partition coefficient (Wildman–Crippen LogP) is 2.88. The van der Waals surface area contributed by atoms with E-state index in [-0.39, 0.29) is 24.0 Å². The average molecular weight is 343 g/mol. The first-order chi connectivity index (χ1) is 11.9. The number of nitrogens with zero attached hydrogens (tertiary/aromatic N) is 1. The van der Waals surface area contributed by atoms with Gasteiger partial charge in [-0.2, -0.15) is 0 Å². The highest BCUT2D eigenvalue weighted by Gasteiger charge is 2.15. The molecule has 130 valence electrons. The summed E-state index contributed by atoms with van der Waals surface area (Å²) in [5.41, 5.74) is 1.59. The van der Waals surface area contributed by atoms with Gasteiger partial charge in [0, 0.05) is 24.4 Å². The van der Waals surface area contributed by atoms with Crippen molar-refractivity contribution in [2.45, 2.75) is 13.8 Å². The van der Waals surface area contributed by atoms with E-state index in [4.69, 9.17) is 4.74 Å².